The highest BCUT2D eigenvalue weighted by atomic mass is 32.2. The van der Waals surface area contributed by atoms with Crippen LogP contribution in [0.5, 0.6) is 5.75 Å². The molecule has 7 nitrogen and oxygen atoms in total. The number of aliphatic hydroxyl groups excluding tert-OH is 1. The van der Waals surface area contributed by atoms with Crippen LogP contribution < -0.4 is 4.74 Å². The SMILES string of the molecule is COCCn1c(SCC(O)COc2ccc(C#N)cc2)nnc1-c1cccc(C)c1. The Hall–Kier alpha value is -2.86. The van der Waals surface area contributed by atoms with Crippen LogP contribution in [0.2, 0.25) is 0 Å². The Morgan fingerprint density at radius 1 is 1.20 bits per heavy atom. The fourth-order valence-corrected chi connectivity index (χ4v) is 3.68. The summed E-state index contributed by atoms with van der Waals surface area (Å²) < 4.78 is 12.9. The first-order valence-electron chi connectivity index (χ1n) is 9.53. The van der Waals surface area contributed by atoms with Gasteiger partial charge in [-0.15, -0.1) is 10.2 Å². The van der Waals surface area contributed by atoms with E-state index in [1.54, 1.807) is 31.4 Å². The van der Waals surface area contributed by atoms with Crippen LogP contribution in [0.25, 0.3) is 11.4 Å². The van der Waals surface area contributed by atoms with E-state index in [-0.39, 0.29) is 6.61 Å². The molecule has 0 saturated heterocycles. The molecule has 0 amide bonds. The summed E-state index contributed by atoms with van der Waals surface area (Å²) in [4.78, 5) is 0. The van der Waals surface area contributed by atoms with Crippen LogP contribution in [0.4, 0.5) is 0 Å². The summed E-state index contributed by atoms with van der Waals surface area (Å²) in [5.74, 6) is 1.81. The molecule has 8 heteroatoms. The predicted octanol–water partition coefficient (Wildman–Crippen LogP) is 3.30. The summed E-state index contributed by atoms with van der Waals surface area (Å²) in [6, 6.07) is 17.0. The van der Waals surface area contributed by atoms with Crippen molar-refractivity contribution in [3.05, 3.63) is 59.7 Å². The number of ether oxygens (including phenoxy) is 2. The zero-order valence-corrected chi connectivity index (χ0v) is 17.8. The largest absolute Gasteiger partial charge is 0.491 e. The molecule has 1 unspecified atom stereocenters. The average Bonchev–Trinajstić information content (AvgIpc) is 3.17. The van der Waals surface area contributed by atoms with E-state index >= 15 is 0 Å². The topological polar surface area (TPSA) is 93.2 Å². The lowest BCUT2D eigenvalue weighted by atomic mass is 10.1. The Morgan fingerprint density at radius 2 is 2.00 bits per heavy atom. The summed E-state index contributed by atoms with van der Waals surface area (Å²) in [7, 11) is 1.66. The zero-order valence-electron chi connectivity index (χ0n) is 17.0. The Labute approximate surface area is 180 Å². The van der Waals surface area contributed by atoms with Gasteiger partial charge in [0.2, 0.25) is 0 Å². The lowest BCUT2D eigenvalue weighted by molar-refractivity contribution is 0.126. The van der Waals surface area contributed by atoms with Crippen LogP contribution in [-0.2, 0) is 11.3 Å². The molecule has 0 radical (unpaired) electrons. The smallest absolute Gasteiger partial charge is 0.191 e. The standard InChI is InChI=1S/C22H24N4O3S/c1-16-4-3-5-18(12-16)21-24-25-22(26(21)10-11-28-2)30-15-19(27)14-29-20-8-6-17(13-23)7-9-20/h3-9,12,19,27H,10-11,14-15H2,1-2H3. The predicted molar refractivity (Wildman–Crippen MR) is 115 cm³/mol. The number of aryl methyl sites for hydroxylation is 1. The third-order valence-electron chi connectivity index (χ3n) is 4.34. The maximum absolute atomic E-state index is 10.3. The fraction of sp³-hybridized carbons (Fsp3) is 0.318. The molecule has 3 aromatic rings. The molecule has 1 heterocycles. The van der Waals surface area contributed by atoms with E-state index in [4.69, 9.17) is 14.7 Å². The summed E-state index contributed by atoms with van der Waals surface area (Å²) in [5, 5.41) is 28.6. The van der Waals surface area contributed by atoms with Crippen LogP contribution in [0.3, 0.4) is 0 Å². The van der Waals surface area contributed by atoms with Gasteiger partial charge in [-0.05, 0) is 37.3 Å². The van der Waals surface area contributed by atoms with E-state index in [9.17, 15) is 5.11 Å². The molecule has 1 N–H and O–H groups in total. The maximum Gasteiger partial charge on any atom is 0.191 e. The number of rotatable bonds is 10. The van der Waals surface area contributed by atoms with Crippen LogP contribution in [0.1, 0.15) is 11.1 Å². The summed E-state index contributed by atoms with van der Waals surface area (Å²) in [6.07, 6.45) is -0.680. The van der Waals surface area contributed by atoms with Crippen molar-refractivity contribution in [2.24, 2.45) is 0 Å². The molecule has 0 fully saturated rings. The second kappa shape index (κ2) is 10.8. The van der Waals surface area contributed by atoms with E-state index in [0.29, 0.717) is 30.2 Å². The quantitative estimate of drug-likeness (QED) is 0.499. The average molecular weight is 425 g/mol. The molecule has 2 aromatic carbocycles. The minimum absolute atomic E-state index is 0.149. The van der Waals surface area contributed by atoms with Gasteiger partial charge in [-0.2, -0.15) is 5.26 Å². The third kappa shape index (κ3) is 5.83. The van der Waals surface area contributed by atoms with Gasteiger partial charge in [0.05, 0.1) is 30.9 Å². The third-order valence-corrected chi connectivity index (χ3v) is 5.45. The Bertz CT molecular complexity index is 998. The lowest BCUT2D eigenvalue weighted by Gasteiger charge is -2.13. The molecule has 1 atom stereocenters. The normalized spacial score (nSPS) is 11.8. The van der Waals surface area contributed by atoms with Gasteiger partial charge in [0.15, 0.2) is 11.0 Å². The van der Waals surface area contributed by atoms with Crippen molar-refractivity contribution in [3.8, 4) is 23.2 Å². The number of thioether (sulfide) groups is 1. The minimum atomic E-state index is -0.680. The van der Waals surface area contributed by atoms with Crippen LogP contribution in [0.15, 0.2) is 53.7 Å². The summed E-state index contributed by atoms with van der Waals surface area (Å²) in [5.41, 5.74) is 2.71. The number of hydrogen-bond donors (Lipinski definition) is 1. The van der Waals surface area contributed by atoms with Crippen molar-refractivity contribution in [1.29, 1.82) is 5.26 Å². The highest BCUT2D eigenvalue weighted by Crippen LogP contribution is 2.25. The molecule has 0 aliphatic heterocycles. The number of benzene rings is 2. The van der Waals surface area contributed by atoms with Gasteiger partial charge in [-0.1, -0.05) is 35.5 Å². The second-order valence-corrected chi connectivity index (χ2v) is 7.72. The highest BCUT2D eigenvalue weighted by molar-refractivity contribution is 7.99. The minimum Gasteiger partial charge on any atom is -0.491 e. The first-order chi connectivity index (χ1) is 14.6. The first-order valence-corrected chi connectivity index (χ1v) is 10.5. The van der Waals surface area contributed by atoms with E-state index in [2.05, 4.69) is 22.3 Å². The van der Waals surface area contributed by atoms with Gasteiger partial charge < -0.3 is 14.6 Å². The van der Waals surface area contributed by atoms with Crippen molar-refractivity contribution in [2.75, 3.05) is 26.1 Å². The summed E-state index contributed by atoms with van der Waals surface area (Å²) in [6.45, 7) is 3.34. The fourth-order valence-electron chi connectivity index (χ4n) is 2.81. The Morgan fingerprint density at radius 3 is 2.70 bits per heavy atom. The maximum atomic E-state index is 10.3. The first kappa shape index (κ1) is 21.8. The molecule has 156 valence electrons. The van der Waals surface area contributed by atoms with E-state index in [1.807, 2.05) is 29.7 Å². The van der Waals surface area contributed by atoms with Crippen LogP contribution >= 0.6 is 11.8 Å². The molecule has 0 bridgehead atoms. The van der Waals surface area contributed by atoms with Gasteiger partial charge in [0.25, 0.3) is 0 Å². The number of nitriles is 1. The van der Waals surface area contributed by atoms with Crippen LogP contribution in [-0.4, -0.2) is 52.1 Å². The second-order valence-electron chi connectivity index (χ2n) is 6.73. The van der Waals surface area contributed by atoms with Crippen LogP contribution in [0, 0.1) is 18.3 Å². The summed E-state index contributed by atoms with van der Waals surface area (Å²) >= 11 is 1.43. The van der Waals surface area contributed by atoms with Crippen molar-refractivity contribution in [3.63, 3.8) is 0 Å². The molecule has 1 aromatic heterocycles. The molecular formula is C22H24N4O3S. The highest BCUT2D eigenvalue weighted by Gasteiger charge is 2.16. The van der Waals surface area contributed by atoms with Crippen molar-refractivity contribution < 1.29 is 14.6 Å². The van der Waals surface area contributed by atoms with Gasteiger partial charge in [0, 0.05) is 18.4 Å². The number of nitrogens with zero attached hydrogens (tertiary/aromatic N) is 4. The number of methoxy groups -OCH3 is 1. The van der Waals surface area contributed by atoms with Crippen molar-refractivity contribution in [1.82, 2.24) is 14.8 Å². The van der Waals surface area contributed by atoms with E-state index in [1.165, 1.54) is 11.8 Å². The molecule has 0 aliphatic rings. The molecule has 0 saturated carbocycles. The molecule has 30 heavy (non-hydrogen) atoms. The van der Waals surface area contributed by atoms with E-state index < -0.39 is 6.10 Å². The molecule has 0 spiro atoms. The Kier molecular flexibility index (Phi) is 7.85. The lowest BCUT2D eigenvalue weighted by Crippen LogP contribution is -2.20. The van der Waals surface area contributed by atoms with Gasteiger partial charge in [-0.25, -0.2) is 0 Å². The Balaban J connectivity index is 1.63. The van der Waals surface area contributed by atoms with Crippen molar-refractivity contribution >= 4 is 11.8 Å². The monoisotopic (exact) mass is 424 g/mol. The van der Waals surface area contributed by atoms with Gasteiger partial charge in [0.1, 0.15) is 12.4 Å². The number of aliphatic hydroxyl groups is 1. The van der Waals surface area contributed by atoms with Gasteiger partial charge >= 0.3 is 0 Å². The molecule has 3 rings (SSSR count). The van der Waals surface area contributed by atoms with E-state index in [0.717, 1.165) is 22.1 Å². The zero-order chi connectivity index (χ0) is 21.3. The number of hydrogen-bond acceptors (Lipinski definition) is 7. The molecular weight excluding hydrogens is 400 g/mol. The van der Waals surface area contributed by atoms with Crippen molar-refractivity contribution in [2.45, 2.75) is 24.7 Å². The molecule has 0 aliphatic carbocycles. The van der Waals surface area contributed by atoms with Gasteiger partial charge in [-0.3, -0.25) is 4.57 Å². The number of aromatic nitrogens is 3.